The summed E-state index contributed by atoms with van der Waals surface area (Å²) in [5.41, 5.74) is 4.20. The quantitative estimate of drug-likeness (QED) is 0.709. The predicted octanol–water partition coefficient (Wildman–Crippen LogP) is 0.830. The molecular formula is C11H15N4O2P. The van der Waals surface area contributed by atoms with Gasteiger partial charge in [0.05, 0.1) is 12.3 Å². The van der Waals surface area contributed by atoms with Crippen molar-refractivity contribution in [2.45, 2.75) is 13.8 Å². The molecule has 1 aliphatic heterocycles. The van der Waals surface area contributed by atoms with Crippen LogP contribution in [0.5, 0.6) is 0 Å². The first-order chi connectivity index (χ1) is 8.56. The minimum Gasteiger partial charge on any atom is -0.355 e. The lowest BCUT2D eigenvalue weighted by Gasteiger charge is -2.28. The molecule has 1 aliphatic rings. The largest absolute Gasteiger partial charge is 0.355 e. The van der Waals surface area contributed by atoms with E-state index in [0.717, 1.165) is 16.6 Å². The number of amides is 2. The number of aryl methyl sites for hydroxylation is 1. The maximum Gasteiger partial charge on any atom is 0.352 e. The molecule has 6 nitrogen and oxygen atoms in total. The van der Waals surface area contributed by atoms with Crippen molar-refractivity contribution in [1.29, 1.82) is 0 Å². The Bertz CT molecular complexity index is 492. The van der Waals surface area contributed by atoms with Crippen molar-refractivity contribution in [2.75, 3.05) is 6.54 Å². The molecule has 96 valence electrons. The average Bonchev–Trinajstić information content (AvgIpc) is 2.34. The number of hydrazone groups is 1. The lowest BCUT2D eigenvalue weighted by molar-refractivity contribution is 0.193. The monoisotopic (exact) mass is 266 g/mol. The highest BCUT2D eigenvalue weighted by atomic mass is 31.2. The number of nitrogens with zero attached hydrogens (tertiary/aromatic N) is 2. The summed E-state index contributed by atoms with van der Waals surface area (Å²) in [6, 6.07) is 7.18. The Morgan fingerprint density at radius 3 is 3.00 bits per heavy atom. The molecule has 7 heteroatoms. The summed E-state index contributed by atoms with van der Waals surface area (Å²) in [6.07, 6.45) is 0. The summed E-state index contributed by atoms with van der Waals surface area (Å²) in [5, 5.41) is 8.73. The fraction of sp³-hybridized carbons (Fsp3) is 0.273. The van der Waals surface area contributed by atoms with Crippen molar-refractivity contribution in [3.63, 3.8) is 0 Å². The molecule has 2 amide bonds. The zero-order valence-electron chi connectivity index (χ0n) is 10.2. The van der Waals surface area contributed by atoms with Gasteiger partial charge in [-0.1, -0.05) is 23.8 Å². The van der Waals surface area contributed by atoms with E-state index in [0.29, 0.717) is 6.54 Å². The van der Waals surface area contributed by atoms with Gasteiger partial charge in [0.15, 0.2) is 8.30 Å². The van der Waals surface area contributed by atoms with Crippen LogP contribution in [0.25, 0.3) is 0 Å². The van der Waals surface area contributed by atoms with Crippen molar-refractivity contribution in [2.24, 2.45) is 5.10 Å². The van der Waals surface area contributed by atoms with Gasteiger partial charge in [0.2, 0.25) is 0 Å². The third-order valence-corrected chi connectivity index (χ3v) is 3.63. The van der Waals surface area contributed by atoms with Crippen LogP contribution in [0.2, 0.25) is 0 Å². The topological polar surface area (TPSA) is 77.0 Å². The molecule has 0 aromatic heterocycles. The molecule has 2 rings (SSSR count). The molecule has 1 atom stereocenters. The van der Waals surface area contributed by atoms with E-state index in [2.05, 4.69) is 15.7 Å². The first-order valence-corrected chi connectivity index (χ1v) is 6.78. The number of urea groups is 1. The molecule has 1 heterocycles. The minimum atomic E-state index is -1.60. The number of carbonyl (C=O) groups is 1. The summed E-state index contributed by atoms with van der Waals surface area (Å²) in [5.74, 6) is 0. The summed E-state index contributed by atoms with van der Waals surface area (Å²) >= 11 is 0. The Hall–Kier alpha value is -1.49. The van der Waals surface area contributed by atoms with Gasteiger partial charge in [-0.05, 0) is 19.9 Å². The smallest absolute Gasteiger partial charge is 0.352 e. The van der Waals surface area contributed by atoms with Crippen LogP contribution in [0, 0.1) is 6.92 Å². The average molecular weight is 266 g/mol. The molecule has 18 heavy (non-hydrogen) atoms. The third-order valence-electron chi connectivity index (χ3n) is 2.44. The van der Waals surface area contributed by atoms with Crippen LogP contribution in [0.3, 0.4) is 0 Å². The summed E-state index contributed by atoms with van der Waals surface area (Å²) in [7, 11) is -1.60. The molecule has 3 N–H and O–H groups in total. The van der Waals surface area contributed by atoms with Gasteiger partial charge in [-0.25, -0.2) is 15.2 Å². The Morgan fingerprint density at radius 1 is 1.50 bits per heavy atom. The second-order valence-corrected chi connectivity index (χ2v) is 5.44. The van der Waals surface area contributed by atoms with Crippen molar-refractivity contribution in [1.82, 2.24) is 15.6 Å². The normalized spacial score (nSPS) is 17.2. The Morgan fingerprint density at radius 2 is 2.28 bits per heavy atom. The zero-order valence-corrected chi connectivity index (χ0v) is 11.1. The van der Waals surface area contributed by atoms with Gasteiger partial charge >= 0.3 is 6.03 Å². The van der Waals surface area contributed by atoms with Crippen LogP contribution in [-0.2, 0) is 0 Å². The highest BCUT2D eigenvalue weighted by Crippen LogP contribution is 2.24. The predicted molar refractivity (Wildman–Crippen MR) is 71.4 cm³/mol. The standard InChI is InChI=1S/C11H15N4O2P/c1-8-4-3-5-10(6-8)18(17)14-15-7-9(2)12-13-11(15)16/h3-6,14,17H,7H2,1-2H3,(H,13,16). The molecule has 0 bridgehead atoms. The maximum atomic E-state index is 11.5. The van der Waals surface area contributed by atoms with Crippen molar-refractivity contribution >= 4 is 25.3 Å². The number of hydrogen-bond donors (Lipinski definition) is 3. The molecule has 0 aliphatic carbocycles. The Kier molecular flexibility index (Phi) is 3.91. The van der Waals surface area contributed by atoms with Crippen LogP contribution < -0.4 is 15.9 Å². The molecule has 0 saturated carbocycles. The number of hydrogen-bond acceptors (Lipinski definition) is 4. The van der Waals surface area contributed by atoms with E-state index in [-0.39, 0.29) is 6.03 Å². The van der Waals surface area contributed by atoms with Gasteiger partial charge in [-0.3, -0.25) is 0 Å². The Labute approximate surface area is 107 Å². The molecule has 0 fully saturated rings. The first kappa shape index (κ1) is 13.0. The van der Waals surface area contributed by atoms with Crippen LogP contribution in [0.1, 0.15) is 12.5 Å². The van der Waals surface area contributed by atoms with Crippen LogP contribution in [-0.4, -0.2) is 28.2 Å². The lowest BCUT2D eigenvalue weighted by atomic mass is 10.2. The minimum absolute atomic E-state index is 0.358. The summed E-state index contributed by atoms with van der Waals surface area (Å²) < 4.78 is 0. The number of carbonyl (C=O) groups excluding carboxylic acids is 1. The highest BCUT2D eigenvalue weighted by molar-refractivity contribution is 7.57. The van der Waals surface area contributed by atoms with Crippen LogP contribution >= 0.6 is 8.30 Å². The molecular weight excluding hydrogens is 251 g/mol. The number of hydrazine groups is 1. The molecule has 0 radical (unpaired) electrons. The van der Waals surface area contributed by atoms with Crippen LogP contribution in [0.15, 0.2) is 29.4 Å². The van der Waals surface area contributed by atoms with E-state index in [1.165, 1.54) is 5.01 Å². The van der Waals surface area contributed by atoms with E-state index in [9.17, 15) is 9.69 Å². The van der Waals surface area contributed by atoms with Gasteiger partial charge in [-0.15, -0.1) is 0 Å². The second-order valence-electron chi connectivity index (χ2n) is 4.10. The van der Waals surface area contributed by atoms with Gasteiger partial charge in [0.25, 0.3) is 0 Å². The maximum absolute atomic E-state index is 11.5. The van der Waals surface area contributed by atoms with Crippen LogP contribution in [0.4, 0.5) is 4.79 Å². The van der Waals surface area contributed by atoms with E-state index in [4.69, 9.17) is 0 Å². The van der Waals surface area contributed by atoms with E-state index in [1.807, 2.05) is 31.2 Å². The van der Waals surface area contributed by atoms with E-state index >= 15 is 0 Å². The van der Waals surface area contributed by atoms with Gasteiger partial charge in [0, 0.05) is 5.30 Å². The summed E-state index contributed by atoms with van der Waals surface area (Å²) in [6.45, 7) is 4.12. The van der Waals surface area contributed by atoms with Gasteiger partial charge in [-0.2, -0.15) is 10.3 Å². The van der Waals surface area contributed by atoms with Crippen molar-refractivity contribution in [3.8, 4) is 0 Å². The molecule has 0 saturated heterocycles. The SMILES string of the molecule is CC1=NNC(=O)N(NP(O)c2cccc(C)c2)C1. The van der Waals surface area contributed by atoms with Gasteiger partial charge in [0.1, 0.15) is 0 Å². The molecule has 0 spiro atoms. The summed E-state index contributed by atoms with van der Waals surface area (Å²) in [4.78, 5) is 21.6. The molecule has 1 aromatic carbocycles. The van der Waals surface area contributed by atoms with Gasteiger partial charge < -0.3 is 4.89 Å². The lowest BCUT2D eigenvalue weighted by Crippen LogP contribution is -2.51. The fourth-order valence-corrected chi connectivity index (χ4v) is 2.61. The number of rotatable bonds is 3. The molecule has 1 aromatic rings. The highest BCUT2D eigenvalue weighted by Gasteiger charge is 2.21. The first-order valence-electron chi connectivity index (χ1n) is 5.49. The van der Waals surface area contributed by atoms with E-state index < -0.39 is 8.30 Å². The number of benzene rings is 1. The third kappa shape index (κ3) is 3.04. The van der Waals surface area contributed by atoms with Crippen molar-refractivity contribution in [3.05, 3.63) is 29.8 Å². The van der Waals surface area contributed by atoms with Crippen molar-refractivity contribution < 1.29 is 9.69 Å². The van der Waals surface area contributed by atoms with E-state index in [1.54, 1.807) is 6.92 Å². The molecule has 1 unspecified atom stereocenters. The number of nitrogens with one attached hydrogen (secondary N) is 2. The second kappa shape index (κ2) is 5.44. The Balaban J connectivity index is 2.05. The fourth-order valence-electron chi connectivity index (χ4n) is 1.55. The zero-order chi connectivity index (χ0) is 13.1.